The van der Waals surface area contributed by atoms with Gasteiger partial charge >= 0.3 is 10.5 Å². The zero-order valence-corrected chi connectivity index (χ0v) is 4.79. The molecule has 0 amide bonds. The lowest BCUT2D eigenvalue weighted by Gasteiger charge is -1.74. The van der Waals surface area contributed by atoms with E-state index in [1.54, 1.807) is 0 Å². The fraction of sp³-hybridized carbons (Fsp3) is 0. The molecule has 0 N–H and O–H groups in total. The highest BCUT2D eigenvalue weighted by atomic mass is 79.9. The summed E-state index contributed by atoms with van der Waals surface area (Å²) >= 11 is 1.91. The van der Waals surface area contributed by atoms with Crippen molar-refractivity contribution in [3.63, 3.8) is 0 Å². The van der Waals surface area contributed by atoms with Crippen LogP contribution in [-0.4, -0.2) is 8.42 Å². The highest BCUT2D eigenvalue weighted by molar-refractivity contribution is 9.06. The van der Waals surface area contributed by atoms with E-state index in [0.717, 1.165) is 0 Å². The van der Waals surface area contributed by atoms with E-state index in [0.29, 0.717) is 0 Å². The van der Waals surface area contributed by atoms with Crippen LogP contribution in [-0.2, 0) is 13.8 Å². The van der Waals surface area contributed by atoms with Gasteiger partial charge in [-0.25, -0.2) is 0 Å². The lowest BCUT2D eigenvalue weighted by molar-refractivity contribution is 0.476. The van der Waals surface area contributed by atoms with Crippen LogP contribution in [0, 0.1) is 0 Å². The molecule has 0 aliphatic heterocycles. The summed E-state index contributed by atoms with van der Waals surface area (Å²) in [6.07, 6.45) is 0. The molecule has 0 radical (unpaired) electrons. The van der Waals surface area contributed by atoms with Crippen molar-refractivity contribution < 1.29 is 15.6 Å². The molecule has 0 rings (SSSR count). The number of hydrogen-bond donors (Lipinski definition) is 0. The van der Waals surface area contributed by atoms with E-state index in [1.807, 2.05) is 16.3 Å². The van der Waals surface area contributed by atoms with Crippen LogP contribution in [0.3, 0.4) is 0 Å². The van der Waals surface area contributed by atoms with Gasteiger partial charge in [-0.05, 0) is 0 Å². The van der Waals surface area contributed by atoms with Crippen molar-refractivity contribution in [1.82, 2.24) is 0 Å². The van der Waals surface area contributed by atoms with Gasteiger partial charge in [0, 0.05) is 0 Å². The molecule has 0 aliphatic carbocycles. The maximum absolute atomic E-state index is 10.8. The minimum atomic E-state index is -4.75. The summed E-state index contributed by atoms with van der Waals surface area (Å²) in [6.45, 7) is 0. The third-order valence-electron chi connectivity index (χ3n) is 0.0752. The van der Waals surface area contributed by atoms with Gasteiger partial charge in [0.15, 0.2) is 0 Å². The van der Waals surface area contributed by atoms with Crippen LogP contribution in [0.2, 0.25) is 0 Å². The Morgan fingerprint density at radius 3 is 1.83 bits per heavy atom. The fourth-order valence-electron chi connectivity index (χ4n) is 0. The molecule has 0 atom stereocenters. The first kappa shape index (κ1) is 6.32. The molecule has 6 heavy (non-hydrogen) atoms. The Morgan fingerprint density at radius 1 is 1.67 bits per heavy atom. The normalized spacial score (nSPS) is 11.7. The van der Waals surface area contributed by atoms with Crippen molar-refractivity contribution >= 4 is 26.8 Å². The zero-order chi connectivity index (χ0) is 5.21. The maximum atomic E-state index is 10.8. The molecule has 0 aromatic heterocycles. The summed E-state index contributed by atoms with van der Waals surface area (Å²) in [6, 6.07) is 0. The van der Waals surface area contributed by atoms with Crippen LogP contribution in [0.15, 0.2) is 0 Å². The molecule has 3 nitrogen and oxygen atoms in total. The van der Waals surface area contributed by atoms with Crippen molar-refractivity contribution in [2.45, 2.75) is 0 Å². The van der Waals surface area contributed by atoms with Gasteiger partial charge in [-0.1, -0.05) is 3.89 Å². The van der Waals surface area contributed by atoms with E-state index in [-0.39, 0.29) is 0 Å². The van der Waals surface area contributed by atoms with Crippen molar-refractivity contribution in [3.05, 3.63) is 0 Å². The molecule has 0 heterocycles. The van der Waals surface area contributed by atoms with Crippen molar-refractivity contribution in [3.8, 4) is 0 Å². The number of hydrogen-bond acceptors (Lipinski definition) is 3. The van der Waals surface area contributed by atoms with Gasteiger partial charge in [0.25, 0.3) is 0 Å². The second kappa shape index (κ2) is 1.85. The Kier molecular flexibility index (Phi) is 1.95. The average Bonchev–Trinajstić information content (AvgIpc) is 1.35. The van der Waals surface area contributed by atoms with Crippen LogP contribution < -0.4 is 0 Å². The molecule has 6 heteroatoms. The quantitative estimate of drug-likeness (QED) is 0.551. The predicted octanol–water partition coefficient (Wildman–Crippen LogP) is 0.527. The van der Waals surface area contributed by atoms with Gasteiger partial charge in [-0.15, -0.1) is 0 Å². The van der Waals surface area contributed by atoms with Gasteiger partial charge < -0.3 is 0 Å². The summed E-state index contributed by atoms with van der Waals surface area (Å²) in [5, 5.41) is 0. The van der Waals surface area contributed by atoms with E-state index in [9.17, 15) is 3.89 Å². The van der Waals surface area contributed by atoms with Gasteiger partial charge in [0.1, 0.15) is 16.3 Å². The van der Waals surface area contributed by atoms with Crippen LogP contribution in [0.1, 0.15) is 0 Å². The Hall–Kier alpha value is 0.320. The van der Waals surface area contributed by atoms with Crippen molar-refractivity contribution in [2.75, 3.05) is 0 Å². The monoisotopic (exact) mass is 178 g/mol. The van der Waals surface area contributed by atoms with Crippen LogP contribution in [0.4, 0.5) is 3.89 Å². The standard InChI is InChI=1S/BrFO3S/c1-5-6(2,3)4. The Bertz CT molecular complexity index is 113. The summed E-state index contributed by atoms with van der Waals surface area (Å²) in [5.41, 5.74) is 0. The molecular formula is BrFO3S. The first-order valence-corrected chi connectivity index (χ1v) is 2.76. The summed E-state index contributed by atoms with van der Waals surface area (Å²) in [5.74, 6) is 0. The number of rotatable bonds is 1. The van der Waals surface area contributed by atoms with E-state index < -0.39 is 10.5 Å². The maximum Gasteiger partial charge on any atom is 0.448 e. The highest BCUT2D eigenvalue weighted by Gasteiger charge is 2.00. The van der Waals surface area contributed by atoms with Gasteiger partial charge in [-0.2, -0.15) is 11.7 Å². The Morgan fingerprint density at radius 2 is 1.83 bits per heavy atom. The molecule has 38 valence electrons. The smallest absolute Gasteiger partial charge is 0.164 e. The van der Waals surface area contributed by atoms with Crippen LogP contribution in [0.25, 0.3) is 0 Å². The summed E-state index contributed by atoms with van der Waals surface area (Å²) in [4.78, 5) is 0. The molecule has 0 spiro atoms. The van der Waals surface area contributed by atoms with Crippen molar-refractivity contribution in [1.29, 1.82) is 0 Å². The fourth-order valence-corrected chi connectivity index (χ4v) is 0. The van der Waals surface area contributed by atoms with E-state index >= 15 is 0 Å². The zero-order valence-electron chi connectivity index (χ0n) is 2.39. The molecule has 0 fully saturated rings. The molecule has 0 aliphatic rings. The third-order valence-corrected chi connectivity index (χ3v) is 1.17. The van der Waals surface area contributed by atoms with Crippen LogP contribution in [0.5, 0.6) is 0 Å². The van der Waals surface area contributed by atoms with Crippen molar-refractivity contribution in [2.24, 2.45) is 0 Å². The largest absolute Gasteiger partial charge is 0.448 e. The highest BCUT2D eigenvalue weighted by Crippen LogP contribution is 1.96. The average molecular weight is 179 g/mol. The topological polar surface area (TPSA) is 43.4 Å². The summed E-state index contributed by atoms with van der Waals surface area (Å²) < 4.78 is 32.0. The lowest BCUT2D eigenvalue weighted by atomic mass is 15.9. The SMILES string of the molecule is O=S(=O)(F)OBr. The Labute approximate surface area is 43.0 Å². The second-order valence-electron chi connectivity index (χ2n) is 0.456. The van der Waals surface area contributed by atoms with E-state index in [2.05, 4.69) is 3.27 Å². The molecular weight excluding hydrogens is 179 g/mol. The van der Waals surface area contributed by atoms with Gasteiger partial charge in [-0.3, -0.25) is 0 Å². The third kappa shape index (κ3) is 4.32. The molecule has 0 aromatic rings. The first-order valence-electron chi connectivity index (χ1n) is 0.809. The molecule has 0 unspecified atom stereocenters. The predicted molar refractivity (Wildman–Crippen MR) is 20.0 cm³/mol. The van der Waals surface area contributed by atoms with Gasteiger partial charge in [0.05, 0.1) is 0 Å². The molecule has 0 bridgehead atoms. The van der Waals surface area contributed by atoms with E-state index in [4.69, 9.17) is 8.42 Å². The first-order chi connectivity index (χ1) is 2.56. The molecule has 0 saturated carbocycles. The second-order valence-corrected chi connectivity index (χ2v) is 2.16. The number of halogens is 2. The minimum Gasteiger partial charge on any atom is -0.164 e. The lowest BCUT2D eigenvalue weighted by Crippen LogP contribution is -1.83. The van der Waals surface area contributed by atoms with E-state index in [1.165, 1.54) is 0 Å². The van der Waals surface area contributed by atoms with Crippen LogP contribution >= 0.6 is 16.3 Å². The molecule has 0 saturated heterocycles. The van der Waals surface area contributed by atoms with Gasteiger partial charge in [0.2, 0.25) is 0 Å². The summed E-state index contributed by atoms with van der Waals surface area (Å²) in [7, 11) is -4.75. The Balaban J connectivity index is 3.85. The molecule has 0 aromatic carbocycles. The minimum absolute atomic E-state index is 1.91.